The zero-order valence-corrected chi connectivity index (χ0v) is 14.0. The maximum Gasteiger partial charge on any atom is 0.193 e. The Morgan fingerprint density at radius 1 is 0.760 bits per heavy atom. The van der Waals surface area contributed by atoms with Gasteiger partial charge in [-0.15, -0.1) is 0 Å². The molecule has 0 heterocycles. The van der Waals surface area contributed by atoms with E-state index in [9.17, 15) is 4.79 Å². The lowest BCUT2D eigenvalue weighted by Gasteiger charge is -2.08. The molecule has 0 aliphatic carbocycles. The first kappa shape index (κ1) is 16.9. The van der Waals surface area contributed by atoms with E-state index in [1.807, 2.05) is 72.8 Å². The van der Waals surface area contributed by atoms with Crippen molar-refractivity contribution < 1.29 is 9.53 Å². The molecular formula is C22H21NO2. The van der Waals surface area contributed by atoms with Crippen molar-refractivity contribution in [1.82, 2.24) is 5.32 Å². The summed E-state index contributed by atoms with van der Waals surface area (Å²) in [6, 6.07) is 26.9. The summed E-state index contributed by atoms with van der Waals surface area (Å²) in [6.07, 6.45) is 0. The lowest BCUT2D eigenvalue weighted by molar-refractivity contribution is 0.103. The van der Waals surface area contributed by atoms with Gasteiger partial charge in [-0.05, 0) is 29.8 Å². The Kier molecular flexibility index (Phi) is 5.96. The van der Waals surface area contributed by atoms with Crippen molar-refractivity contribution in [1.29, 1.82) is 0 Å². The Hall–Kier alpha value is -2.91. The van der Waals surface area contributed by atoms with Gasteiger partial charge in [-0.1, -0.05) is 60.7 Å². The van der Waals surface area contributed by atoms with Gasteiger partial charge in [0.25, 0.3) is 0 Å². The molecule has 25 heavy (non-hydrogen) atoms. The van der Waals surface area contributed by atoms with E-state index in [0.29, 0.717) is 17.7 Å². The van der Waals surface area contributed by atoms with Crippen LogP contribution in [0.1, 0.15) is 21.5 Å². The molecule has 0 aliphatic rings. The van der Waals surface area contributed by atoms with Crippen LogP contribution in [0, 0.1) is 0 Å². The van der Waals surface area contributed by atoms with Crippen LogP contribution in [0.25, 0.3) is 0 Å². The molecule has 3 nitrogen and oxygen atoms in total. The number of ether oxygens (including phenoxy) is 1. The maximum atomic E-state index is 12.3. The Bertz CT molecular complexity index is 783. The highest BCUT2D eigenvalue weighted by molar-refractivity contribution is 6.08. The summed E-state index contributed by atoms with van der Waals surface area (Å²) in [7, 11) is 0. The summed E-state index contributed by atoms with van der Waals surface area (Å²) in [5.74, 6) is 0.794. The van der Waals surface area contributed by atoms with Gasteiger partial charge in [0.05, 0.1) is 0 Å². The van der Waals surface area contributed by atoms with E-state index >= 15 is 0 Å². The Morgan fingerprint density at radius 2 is 1.36 bits per heavy atom. The number of benzene rings is 3. The SMILES string of the molecule is O=C(c1ccccc1)c1ccc(OCCNCc2ccccc2)cc1. The molecule has 3 aromatic rings. The molecule has 0 radical (unpaired) electrons. The predicted octanol–water partition coefficient (Wildman–Crippen LogP) is 4.09. The third-order valence-electron chi connectivity index (χ3n) is 3.87. The third-order valence-corrected chi connectivity index (χ3v) is 3.87. The fourth-order valence-electron chi connectivity index (χ4n) is 2.53. The van der Waals surface area contributed by atoms with Crippen LogP contribution in [0.3, 0.4) is 0 Å². The lowest BCUT2D eigenvalue weighted by atomic mass is 10.0. The molecule has 1 N–H and O–H groups in total. The predicted molar refractivity (Wildman–Crippen MR) is 100.0 cm³/mol. The number of hydrogen-bond acceptors (Lipinski definition) is 3. The fraction of sp³-hybridized carbons (Fsp3) is 0.136. The van der Waals surface area contributed by atoms with E-state index in [-0.39, 0.29) is 5.78 Å². The van der Waals surface area contributed by atoms with Gasteiger partial charge in [0.1, 0.15) is 12.4 Å². The van der Waals surface area contributed by atoms with Crippen LogP contribution < -0.4 is 10.1 Å². The number of hydrogen-bond donors (Lipinski definition) is 1. The number of rotatable bonds is 8. The molecule has 3 aromatic carbocycles. The first-order valence-electron chi connectivity index (χ1n) is 8.40. The van der Waals surface area contributed by atoms with Crippen molar-refractivity contribution in [2.45, 2.75) is 6.54 Å². The molecule has 126 valence electrons. The summed E-state index contributed by atoms with van der Waals surface area (Å²) in [4.78, 5) is 12.3. The molecule has 0 bridgehead atoms. The Morgan fingerprint density at radius 3 is 2.04 bits per heavy atom. The van der Waals surface area contributed by atoms with Crippen LogP contribution in [-0.4, -0.2) is 18.9 Å². The first-order valence-corrected chi connectivity index (χ1v) is 8.40. The van der Waals surface area contributed by atoms with Gasteiger partial charge in [-0.3, -0.25) is 4.79 Å². The highest BCUT2D eigenvalue weighted by Gasteiger charge is 2.08. The summed E-state index contributed by atoms with van der Waals surface area (Å²) in [5, 5.41) is 3.34. The zero-order valence-electron chi connectivity index (χ0n) is 14.0. The minimum absolute atomic E-state index is 0.0247. The van der Waals surface area contributed by atoms with Gasteiger partial charge >= 0.3 is 0 Å². The minimum atomic E-state index is 0.0247. The van der Waals surface area contributed by atoms with Gasteiger partial charge < -0.3 is 10.1 Å². The maximum absolute atomic E-state index is 12.3. The van der Waals surface area contributed by atoms with Crippen molar-refractivity contribution in [3.05, 3.63) is 102 Å². The van der Waals surface area contributed by atoms with Gasteiger partial charge in [0, 0.05) is 24.2 Å². The fourth-order valence-corrected chi connectivity index (χ4v) is 2.53. The van der Waals surface area contributed by atoms with Crippen LogP contribution in [-0.2, 0) is 6.54 Å². The zero-order chi connectivity index (χ0) is 17.3. The van der Waals surface area contributed by atoms with Gasteiger partial charge in [0.15, 0.2) is 5.78 Å². The standard InChI is InChI=1S/C22H21NO2/c24-22(19-9-5-2-6-10-19)20-11-13-21(14-12-20)25-16-15-23-17-18-7-3-1-4-8-18/h1-14,23H,15-17H2. The van der Waals surface area contributed by atoms with E-state index < -0.39 is 0 Å². The number of nitrogens with one attached hydrogen (secondary N) is 1. The second kappa shape index (κ2) is 8.81. The van der Waals surface area contributed by atoms with Crippen LogP contribution in [0.15, 0.2) is 84.9 Å². The summed E-state index contributed by atoms with van der Waals surface area (Å²) >= 11 is 0. The number of carbonyl (C=O) groups is 1. The Balaban J connectivity index is 1.44. The molecule has 0 spiro atoms. The average Bonchev–Trinajstić information content (AvgIpc) is 2.69. The van der Waals surface area contributed by atoms with Gasteiger partial charge in [0.2, 0.25) is 0 Å². The van der Waals surface area contributed by atoms with Crippen molar-refractivity contribution in [2.75, 3.05) is 13.2 Å². The van der Waals surface area contributed by atoms with E-state index in [2.05, 4.69) is 17.4 Å². The Labute approximate surface area is 148 Å². The van der Waals surface area contributed by atoms with E-state index in [4.69, 9.17) is 4.74 Å². The molecule has 0 amide bonds. The van der Waals surface area contributed by atoms with E-state index in [1.54, 1.807) is 0 Å². The second-order valence-corrected chi connectivity index (χ2v) is 5.73. The molecule has 0 aromatic heterocycles. The van der Waals surface area contributed by atoms with E-state index in [0.717, 1.165) is 18.8 Å². The van der Waals surface area contributed by atoms with Crippen molar-refractivity contribution in [2.24, 2.45) is 0 Å². The molecule has 0 unspecified atom stereocenters. The molecule has 0 atom stereocenters. The normalized spacial score (nSPS) is 10.4. The molecule has 0 saturated carbocycles. The van der Waals surface area contributed by atoms with Crippen molar-refractivity contribution >= 4 is 5.78 Å². The molecule has 0 aliphatic heterocycles. The number of carbonyl (C=O) groups excluding carboxylic acids is 1. The van der Waals surface area contributed by atoms with Gasteiger partial charge in [-0.2, -0.15) is 0 Å². The highest BCUT2D eigenvalue weighted by atomic mass is 16.5. The summed E-state index contributed by atoms with van der Waals surface area (Å²) in [5.41, 5.74) is 2.62. The topological polar surface area (TPSA) is 38.3 Å². The van der Waals surface area contributed by atoms with Crippen molar-refractivity contribution in [3.63, 3.8) is 0 Å². The summed E-state index contributed by atoms with van der Waals surface area (Å²) < 4.78 is 5.71. The summed E-state index contributed by atoms with van der Waals surface area (Å²) in [6.45, 7) is 2.17. The van der Waals surface area contributed by atoms with Crippen molar-refractivity contribution in [3.8, 4) is 5.75 Å². The monoisotopic (exact) mass is 331 g/mol. The average molecular weight is 331 g/mol. The van der Waals surface area contributed by atoms with Crippen LogP contribution >= 0.6 is 0 Å². The molecule has 3 heteroatoms. The first-order chi connectivity index (χ1) is 12.3. The third kappa shape index (κ3) is 5.03. The largest absolute Gasteiger partial charge is 0.492 e. The lowest BCUT2D eigenvalue weighted by Crippen LogP contribution is -2.20. The van der Waals surface area contributed by atoms with Crippen LogP contribution in [0.2, 0.25) is 0 Å². The van der Waals surface area contributed by atoms with Gasteiger partial charge in [-0.25, -0.2) is 0 Å². The van der Waals surface area contributed by atoms with E-state index in [1.165, 1.54) is 5.56 Å². The quantitative estimate of drug-likeness (QED) is 0.499. The number of ketones is 1. The van der Waals surface area contributed by atoms with Crippen LogP contribution in [0.4, 0.5) is 0 Å². The molecular weight excluding hydrogens is 310 g/mol. The molecule has 0 fully saturated rings. The smallest absolute Gasteiger partial charge is 0.193 e. The minimum Gasteiger partial charge on any atom is -0.492 e. The molecule has 3 rings (SSSR count). The van der Waals surface area contributed by atoms with Crippen LogP contribution in [0.5, 0.6) is 5.75 Å². The highest BCUT2D eigenvalue weighted by Crippen LogP contribution is 2.15. The molecule has 0 saturated heterocycles. The second-order valence-electron chi connectivity index (χ2n) is 5.73.